The highest BCUT2D eigenvalue weighted by molar-refractivity contribution is 7.98. The van der Waals surface area contributed by atoms with Gasteiger partial charge in [-0.3, -0.25) is 4.79 Å². The topological polar surface area (TPSA) is 103 Å². The van der Waals surface area contributed by atoms with Gasteiger partial charge < -0.3 is 25.8 Å². The Labute approximate surface area is 133 Å². The van der Waals surface area contributed by atoms with Crippen LogP contribution in [0.15, 0.2) is 18.2 Å². The molecule has 0 aliphatic carbocycles. The first-order valence-corrected chi connectivity index (χ1v) is 7.98. The van der Waals surface area contributed by atoms with Crippen LogP contribution in [-0.2, 0) is 4.79 Å². The van der Waals surface area contributed by atoms with E-state index in [0.29, 0.717) is 23.6 Å². The maximum absolute atomic E-state index is 12.3. The molecule has 8 heteroatoms. The molecule has 22 heavy (non-hydrogen) atoms. The predicted molar refractivity (Wildman–Crippen MR) is 87.7 cm³/mol. The number of benzene rings is 1. The van der Waals surface area contributed by atoms with Crippen LogP contribution in [0.5, 0.6) is 11.5 Å². The maximum Gasteiger partial charge on any atom is 0.312 e. The lowest BCUT2D eigenvalue weighted by atomic mass is 10.2. The van der Waals surface area contributed by atoms with E-state index in [-0.39, 0.29) is 5.91 Å². The van der Waals surface area contributed by atoms with E-state index in [0.717, 1.165) is 5.75 Å². The van der Waals surface area contributed by atoms with E-state index in [1.54, 1.807) is 30.0 Å². The molecule has 0 aromatic heterocycles. The van der Waals surface area contributed by atoms with Crippen molar-refractivity contribution < 1.29 is 19.1 Å². The molecular formula is C14H21N3O4S. The number of carbonyl (C=O) groups is 2. The lowest BCUT2D eigenvalue weighted by Gasteiger charge is -2.17. The quantitative estimate of drug-likeness (QED) is 0.670. The third-order valence-electron chi connectivity index (χ3n) is 2.86. The Morgan fingerprint density at radius 3 is 2.27 bits per heavy atom. The molecule has 0 aliphatic rings. The number of thioether (sulfide) groups is 1. The molecule has 0 heterocycles. The van der Waals surface area contributed by atoms with Gasteiger partial charge in [-0.05, 0) is 18.4 Å². The summed E-state index contributed by atoms with van der Waals surface area (Å²) in [5.74, 6) is 1.49. The molecule has 0 spiro atoms. The Morgan fingerprint density at radius 1 is 1.23 bits per heavy atom. The number of nitrogens with two attached hydrogens (primary N) is 1. The van der Waals surface area contributed by atoms with Crippen molar-refractivity contribution in [2.24, 2.45) is 5.73 Å². The average molecular weight is 327 g/mol. The van der Waals surface area contributed by atoms with Crippen LogP contribution < -0.4 is 25.8 Å². The van der Waals surface area contributed by atoms with Gasteiger partial charge in [0.1, 0.15) is 17.5 Å². The van der Waals surface area contributed by atoms with Gasteiger partial charge in [0.2, 0.25) is 5.91 Å². The second kappa shape index (κ2) is 9.04. The fourth-order valence-electron chi connectivity index (χ4n) is 1.79. The van der Waals surface area contributed by atoms with Crippen molar-refractivity contribution in [1.82, 2.24) is 5.32 Å². The van der Waals surface area contributed by atoms with Crippen molar-refractivity contribution in [3.05, 3.63) is 18.2 Å². The normalized spacial score (nSPS) is 11.4. The molecule has 0 fully saturated rings. The number of urea groups is 1. The molecule has 0 radical (unpaired) electrons. The van der Waals surface area contributed by atoms with Crippen LogP contribution in [0.3, 0.4) is 0 Å². The molecule has 1 atom stereocenters. The lowest BCUT2D eigenvalue weighted by Crippen LogP contribution is -2.46. The number of anilines is 1. The fraction of sp³-hybridized carbons (Fsp3) is 0.429. The van der Waals surface area contributed by atoms with Gasteiger partial charge in [-0.15, -0.1) is 0 Å². The molecule has 0 saturated carbocycles. The van der Waals surface area contributed by atoms with Crippen molar-refractivity contribution in [3.8, 4) is 11.5 Å². The van der Waals surface area contributed by atoms with Gasteiger partial charge in [-0.2, -0.15) is 11.8 Å². The highest BCUT2D eigenvalue weighted by Crippen LogP contribution is 2.25. The average Bonchev–Trinajstić information content (AvgIpc) is 2.50. The van der Waals surface area contributed by atoms with E-state index >= 15 is 0 Å². The van der Waals surface area contributed by atoms with E-state index in [9.17, 15) is 9.59 Å². The van der Waals surface area contributed by atoms with Crippen LogP contribution in [-0.4, -0.2) is 44.2 Å². The smallest absolute Gasteiger partial charge is 0.312 e. The number of methoxy groups -OCH3 is 2. The SMILES string of the molecule is COc1cc(NC(=O)C(CCSC)NC(N)=O)cc(OC)c1. The number of carbonyl (C=O) groups excluding carboxylic acids is 2. The summed E-state index contributed by atoms with van der Waals surface area (Å²) in [6.07, 6.45) is 2.41. The van der Waals surface area contributed by atoms with Crippen molar-refractivity contribution in [2.75, 3.05) is 31.5 Å². The summed E-state index contributed by atoms with van der Waals surface area (Å²) >= 11 is 1.58. The zero-order chi connectivity index (χ0) is 16.5. The molecule has 4 N–H and O–H groups in total. The van der Waals surface area contributed by atoms with Crippen molar-refractivity contribution >= 4 is 29.4 Å². The highest BCUT2D eigenvalue weighted by atomic mass is 32.2. The van der Waals surface area contributed by atoms with E-state index in [2.05, 4.69) is 10.6 Å². The van der Waals surface area contributed by atoms with Crippen LogP contribution in [0.2, 0.25) is 0 Å². The molecular weight excluding hydrogens is 306 g/mol. The summed E-state index contributed by atoms with van der Waals surface area (Å²) in [5, 5.41) is 5.17. The zero-order valence-electron chi connectivity index (χ0n) is 12.8. The molecule has 122 valence electrons. The van der Waals surface area contributed by atoms with Gasteiger partial charge in [-0.25, -0.2) is 4.79 Å². The number of hydrogen-bond donors (Lipinski definition) is 3. The summed E-state index contributed by atoms with van der Waals surface area (Å²) in [4.78, 5) is 23.3. The molecule has 1 aromatic rings. The number of hydrogen-bond acceptors (Lipinski definition) is 5. The molecule has 7 nitrogen and oxygen atoms in total. The number of primary amides is 1. The first-order valence-electron chi connectivity index (χ1n) is 6.59. The summed E-state index contributed by atoms with van der Waals surface area (Å²) in [7, 11) is 3.05. The Morgan fingerprint density at radius 2 is 1.82 bits per heavy atom. The molecule has 0 aliphatic heterocycles. The largest absolute Gasteiger partial charge is 0.497 e. The first-order chi connectivity index (χ1) is 10.5. The second-order valence-electron chi connectivity index (χ2n) is 4.43. The first kappa shape index (κ1) is 18.0. The highest BCUT2D eigenvalue weighted by Gasteiger charge is 2.19. The van der Waals surface area contributed by atoms with Crippen LogP contribution in [0.4, 0.5) is 10.5 Å². The van der Waals surface area contributed by atoms with Gasteiger partial charge >= 0.3 is 6.03 Å². The van der Waals surface area contributed by atoms with Gasteiger partial charge in [0.15, 0.2) is 0 Å². The molecule has 0 saturated heterocycles. The fourth-order valence-corrected chi connectivity index (χ4v) is 2.26. The molecule has 0 bridgehead atoms. The minimum Gasteiger partial charge on any atom is -0.497 e. The number of ether oxygens (including phenoxy) is 2. The molecule has 1 aromatic carbocycles. The van der Waals surface area contributed by atoms with Crippen molar-refractivity contribution in [2.45, 2.75) is 12.5 Å². The Kier molecular flexibility index (Phi) is 7.38. The maximum atomic E-state index is 12.3. The van der Waals surface area contributed by atoms with E-state index < -0.39 is 12.1 Å². The van der Waals surface area contributed by atoms with Crippen LogP contribution in [0.25, 0.3) is 0 Å². The second-order valence-corrected chi connectivity index (χ2v) is 5.42. The standard InChI is InChI=1S/C14H21N3O4S/c1-20-10-6-9(7-11(8-10)21-2)16-13(18)12(4-5-22-3)17-14(15)19/h6-8,12H,4-5H2,1-3H3,(H,16,18)(H3,15,17,19). The monoisotopic (exact) mass is 327 g/mol. The third kappa shape index (κ3) is 5.72. The van der Waals surface area contributed by atoms with E-state index in [4.69, 9.17) is 15.2 Å². The minimum absolute atomic E-state index is 0.344. The summed E-state index contributed by atoms with van der Waals surface area (Å²) in [6, 6.07) is 3.60. The molecule has 1 unspecified atom stereocenters. The van der Waals surface area contributed by atoms with Crippen molar-refractivity contribution in [1.29, 1.82) is 0 Å². The molecule has 1 rings (SSSR count). The third-order valence-corrected chi connectivity index (χ3v) is 3.51. The molecule has 3 amide bonds. The summed E-state index contributed by atoms with van der Waals surface area (Å²) < 4.78 is 10.3. The van der Waals surface area contributed by atoms with Crippen LogP contribution >= 0.6 is 11.8 Å². The Hall–Kier alpha value is -2.09. The van der Waals surface area contributed by atoms with Gasteiger partial charge in [-0.1, -0.05) is 0 Å². The zero-order valence-corrected chi connectivity index (χ0v) is 13.7. The van der Waals surface area contributed by atoms with Crippen LogP contribution in [0.1, 0.15) is 6.42 Å². The van der Waals surface area contributed by atoms with Crippen molar-refractivity contribution in [3.63, 3.8) is 0 Å². The Bertz CT molecular complexity index is 503. The lowest BCUT2D eigenvalue weighted by molar-refractivity contribution is -0.117. The Balaban J connectivity index is 2.85. The summed E-state index contributed by atoms with van der Waals surface area (Å²) in [5.41, 5.74) is 5.63. The van der Waals surface area contributed by atoms with Gasteiger partial charge in [0.25, 0.3) is 0 Å². The minimum atomic E-state index is -0.732. The predicted octanol–water partition coefficient (Wildman–Crippen LogP) is 1.43. The number of rotatable bonds is 8. The number of amides is 3. The van der Waals surface area contributed by atoms with E-state index in [1.165, 1.54) is 14.2 Å². The van der Waals surface area contributed by atoms with Crippen LogP contribution in [0, 0.1) is 0 Å². The summed E-state index contributed by atoms with van der Waals surface area (Å²) in [6.45, 7) is 0. The number of nitrogens with one attached hydrogen (secondary N) is 2. The van der Waals surface area contributed by atoms with Gasteiger partial charge in [0, 0.05) is 23.9 Å². The van der Waals surface area contributed by atoms with E-state index in [1.807, 2.05) is 6.26 Å². The van der Waals surface area contributed by atoms with Gasteiger partial charge in [0.05, 0.1) is 14.2 Å².